The Balaban J connectivity index is 2.34. The maximum atomic E-state index is 13.5. The van der Waals surface area contributed by atoms with Gasteiger partial charge in [0.2, 0.25) is 0 Å². The van der Waals surface area contributed by atoms with Crippen molar-refractivity contribution in [2.45, 2.75) is 6.18 Å². The molecule has 22 heavy (non-hydrogen) atoms. The topological polar surface area (TPSA) is 55.5 Å². The third-order valence-corrected chi connectivity index (χ3v) is 2.71. The van der Waals surface area contributed by atoms with E-state index in [1.54, 1.807) is 0 Å². The summed E-state index contributed by atoms with van der Waals surface area (Å²) in [6.45, 7) is 0. The second-order valence-corrected chi connectivity index (χ2v) is 4.27. The van der Waals surface area contributed by atoms with Gasteiger partial charge in [-0.15, -0.1) is 0 Å². The fraction of sp³-hybridized carbons (Fsp3) is 0.0714. The minimum Gasteiger partial charge on any atom is -0.258 e. The molecule has 0 amide bonds. The summed E-state index contributed by atoms with van der Waals surface area (Å²) in [5.74, 6) is -0.922. The molecule has 0 aliphatic rings. The van der Waals surface area contributed by atoms with Gasteiger partial charge in [0.05, 0.1) is 16.2 Å². The second-order valence-electron chi connectivity index (χ2n) is 4.27. The zero-order chi connectivity index (χ0) is 16.3. The second kappa shape index (κ2) is 5.92. The molecule has 0 spiro atoms. The zero-order valence-electron chi connectivity index (χ0n) is 10.8. The Labute approximate surface area is 121 Å². The van der Waals surface area contributed by atoms with Gasteiger partial charge >= 0.3 is 6.18 Å². The highest BCUT2D eigenvalue weighted by Gasteiger charge is 2.31. The van der Waals surface area contributed by atoms with Gasteiger partial charge in [-0.1, -0.05) is 12.1 Å². The molecule has 2 aromatic rings. The summed E-state index contributed by atoms with van der Waals surface area (Å²) in [5, 5.41) is 10.6. The van der Waals surface area contributed by atoms with Crippen LogP contribution in [0.1, 0.15) is 11.1 Å². The first-order valence-electron chi connectivity index (χ1n) is 5.92. The van der Waals surface area contributed by atoms with Gasteiger partial charge < -0.3 is 0 Å². The Kier molecular flexibility index (Phi) is 4.20. The van der Waals surface area contributed by atoms with Gasteiger partial charge in [0.1, 0.15) is 5.82 Å². The van der Waals surface area contributed by atoms with Crippen LogP contribution in [-0.2, 0) is 6.18 Å². The van der Waals surface area contributed by atoms with Crippen molar-refractivity contribution in [1.82, 2.24) is 0 Å². The van der Waals surface area contributed by atoms with E-state index in [1.807, 2.05) is 0 Å². The highest BCUT2D eigenvalue weighted by atomic mass is 19.4. The van der Waals surface area contributed by atoms with Crippen LogP contribution >= 0.6 is 0 Å². The highest BCUT2D eigenvalue weighted by Crippen LogP contribution is 2.32. The molecule has 4 nitrogen and oxygen atoms in total. The summed E-state index contributed by atoms with van der Waals surface area (Å²) in [6, 6.07) is 7.13. The number of nitro benzene ring substituents is 1. The van der Waals surface area contributed by atoms with Crippen LogP contribution in [0.5, 0.6) is 0 Å². The van der Waals surface area contributed by atoms with E-state index in [0.29, 0.717) is 18.2 Å². The van der Waals surface area contributed by atoms with Gasteiger partial charge in [0.15, 0.2) is 0 Å². The summed E-state index contributed by atoms with van der Waals surface area (Å²) < 4.78 is 51.1. The van der Waals surface area contributed by atoms with E-state index in [4.69, 9.17) is 0 Å². The van der Waals surface area contributed by atoms with Crippen LogP contribution in [0.4, 0.5) is 28.9 Å². The van der Waals surface area contributed by atoms with Crippen molar-refractivity contribution in [3.63, 3.8) is 0 Å². The first kappa shape index (κ1) is 15.6. The van der Waals surface area contributed by atoms with Gasteiger partial charge in [-0.25, -0.2) is 4.39 Å². The Morgan fingerprint density at radius 3 is 2.50 bits per heavy atom. The number of hydrogen-bond donors (Lipinski definition) is 0. The molecule has 0 heterocycles. The summed E-state index contributed by atoms with van der Waals surface area (Å²) >= 11 is 0. The molecule has 0 aliphatic carbocycles. The van der Waals surface area contributed by atoms with Crippen LogP contribution in [0.25, 0.3) is 0 Å². The number of halogens is 4. The molecular formula is C14H8F4N2O2. The molecule has 0 bridgehead atoms. The molecule has 0 fully saturated rings. The largest absolute Gasteiger partial charge is 0.416 e. The number of non-ortho nitro benzene ring substituents is 1. The van der Waals surface area contributed by atoms with Gasteiger partial charge in [0.25, 0.3) is 5.69 Å². The molecule has 0 aliphatic heterocycles. The van der Waals surface area contributed by atoms with Crippen molar-refractivity contribution < 1.29 is 22.5 Å². The number of rotatable bonds is 3. The number of nitro groups is 1. The third kappa shape index (κ3) is 3.66. The van der Waals surface area contributed by atoms with Gasteiger partial charge in [-0.05, 0) is 23.8 Å². The Hall–Kier alpha value is -2.77. The number of alkyl halides is 3. The normalized spacial score (nSPS) is 11.8. The Morgan fingerprint density at radius 1 is 1.14 bits per heavy atom. The minimum atomic E-state index is -4.61. The summed E-state index contributed by atoms with van der Waals surface area (Å²) in [4.78, 5) is 13.6. The lowest BCUT2D eigenvalue weighted by atomic mass is 10.2. The van der Waals surface area contributed by atoms with E-state index in [0.717, 1.165) is 6.21 Å². The van der Waals surface area contributed by atoms with Crippen molar-refractivity contribution >= 4 is 17.6 Å². The molecule has 0 saturated carbocycles. The van der Waals surface area contributed by atoms with Gasteiger partial charge in [-0.3, -0.25) is 15.1 Å². The summed E-state index contributed by atoms with van der Waals surface area (Å²) in [6.07, 6.45) is -3.55. The SMILES string of the molecule is O=[N+]([O-])c1cccc(C=Nc2cc(C(F)(F)F)ccc2F)c1. The van der Waals surface area contributed by atoms with Crippen LogP contribution in [0.2, 0.25) is 0 Å². The number of benzene rings is 2. The minimum absolute atomic E-state index is 0.200. The van der Waals surface area contributed by atoms with E-state index in [9.17, 15) is 27.7 Å². The molecule has 0 unspecified atom stereocenters. The zero-order valence-corrected chi connectivity index (χ0v) is 10.8. The van der Waals surface area contributed by atoms with Crippen molar-refractivity contribution in [1.29, 1.82) is 0 Å². The molecule has 8 heteroatoms. The first-order valence-corrected chi connectivity index (χ1v) is 5.92. The first-order chi connectivity index (χ1) is 10.3. The van der Waals surface area contributed by atoms with Crippen molar-refractivity contribution in [2.24, 2.45) is 4.99 Å². The smallest absolute Gasteiger partial charge is 0.258 e. The van der Waals surface area contributed by atoms with E-state index in [2.05, 4.69) is 4.99 Å². The Morgan fingerprint density at radius 2 is 1.86 bits per heavy atom. The standard InChI is InChI=1S/C14H8F4N2O2/c15-12-5-4-10(14(16,17)18)7-13(12)19-8-9-2-1-3-11(6-9)20(21)22/h1-8H. The Bertz CT molecular complexity index is 742. The molecule has 0 atom stereocenters. The molecular weight excluding hydrogens is 304 g/mol. The van der Waals surface area contributed by atoms with Crippen LogP contribution in [-0.4, -0.2) is 11.1 Å². The average Bonchev–Trinajstić information content (AvgIpc) is 2.45. The van der Waals surface area contributed by atoms with E-state index >= 15 is 0 Å². The van der Waals surface area contributed by atoms with Crippen LogP contribution in [0, 0.1) is 15.9 Å². The highest BCUT2D eigenvalue weighted by molar-refractivity contribution is 5.82. The quantitative estimate of drug-likeness (QED) is 0.362. The number of nitrogens with zero attached hydrogens (tertiary/aromatic N) is 2. The molecule has 0 saturated heterocycles. The van der Waals surface area contributed by atoms with Crippen molar-refractivity contribution in [3.8, 4) is 0 Å². The van der Waals surface area contributed by atoms with Crippen LogP contribution in [0.15, 0.2) is 47.5 Å². The maximum absolute atomic E-state index is 13.5. The van der Waals surface area contributed by atoms with Gasteiger partial charge in [0, 0.05) is 18.3 Å². The molecule has 0 N–H and O–H groups in total. The molecule has 2 rings (SSSR count). The van der Waals surface area contributed by atoms with Crippen molar-refractivity contribution in [3.05, 3.63) is 69.5 Å². The third-order valence-electron chi connectivity index (χ3n) is 2.71. The predicted molar refractivity (Wildman–Crippen MR) is 71.8 cm³/mol. The van der Waals surface area contributed by atoms with E-state index < -0.39 is 28.2 Å². The lowest BCUT2D eigenvalue weighted by Gasteiger charge is -2.07. The van der Waals surface area contributed by atoms with Gasteiger partial charge in [-0.2, -0.15) is 13.2 Å². The predicted octanol–water partition coefficient (Wildman–Crippen LogP) is 4.50. The molecule has 2 aromatic carbocycles. The molecule has 0 aromatic heterocycles. The molecule has 114 valence electrons. The fourth-order valence-electron chi connectivity index (χ4n) is 1.65. The van der Waals surface area contributed by atoms with E-state index in [1.165, 1.54) is 24.3 Å². The average molecular weight is 312 g/mol. The maximum Gasteiger partial charge on any atom is 0.416 e. The lowest BCUT2D eigenvalue weighted by Crippen LogP contribution is -2.04. The van der Waals surface area contributed by atoms with Crippen molar-refractivity contribution in [2.75, 3.05) is 0 Å². The molecule has 0 radical (unpaired) electrons. The van der Waals surface area contributed by atoms with Crippen LogP contribution < -0.4 is 0 Å². The monoisotopic (exact) mass is 312 g/mol. The summed E-state index contributed by atoms with van der Waals surface area (Å²) in [7, 11) is 0. The van der Waals surface area contributed by atoms with Crippen LogP contribution in [0.3, 0.4) is 0 Å². The summed E-state index contributed by atoms with van der Waals surface area (Å²) in [5.41, 5.74) is -1.46. The lowest BCUT2D eigenvalue weighted by molar-refractivity contribution is -0.384. The fourth-order valence-corrected chi connectivity index (χ4v) is 1.65. The van der Waals surface area contributed by atoms with E-state index in [-0.39, 0.29) is 11.3 Å². The number of aliphatic imine (C=N–C) groups is 1. The number of hydrogen-bond acceptors (Lipinski definition) is 3.